The number of nitrogens with zero attached hydrogens (tertiary/aromatic N) is 2. The Hall–Kier alpha value is -0.710. The third-order valence-electron chi connectivity index (χ3n) is 3.65. The SMILES string of the molecule is Cc1cc(Br)ccc1N1CCN(c2ccsc2)CC1.Cl. The van der Waals surface area contributed by atoms with Crippen molar-refractivity contribution in [2.24, 2.45) is 0 Å². The zero-order valence-electron chi connectivity index (χ0n) is 11.4. The van der Waals surface area contributed by atoms with Crippen LogP contribution in [0.1, 0.15) is 5.56 Å². The summed E-state index contributed by atoms with van der Waals surface area (Å²) in [5, 5.41) is 4.39. The van der Waals surface area contributed by atoms with Crippen LogP contribution in [0, 0.1) is 6.92 Å². The number of halogens is 2. The van der Waals surface area contributed by atoms with E-state index < -0.39 is 0 Å². The lowest BCUT2D eigenvalue weighted by Gasteiger charge is -2.37. The molecule has 1 fully saturated rings. The van der Waals surface area contributed by atoms with Gasteiger partial charge in [0.1, 0.15) is 0 Å². The number of anilines is 2. The van der Waals surface area contributed by atoms with Crippen molar-refractivity contribution in [1.82, 2.24) is 0 Å². The average molecular weight is 374 g/mol. The monoisotopic (exact) mass is 372 g/mol. The van der Waals surface area contributed by atoms with Crippen LogP contribution in [0.25, 0.3) is 0 Å². The third kappa shape index (κ3) is 3.30. The van der Waals surface area contributed by atoms with Crippen LogP contribution in [0.3, 0.4) is 0 Å². The molecule has 0 atom stereocenters. The Morgan fingerprint density at radius 2 is 1.75 bits per heavy atom. The third-order valence-corrected chi connectivity index (χ3v) is 4.81. The molecule has 1 aliphatic rings. The Morgan fingerprint density at radius 3 is 2.35 bits per heavy atom. The van der Waals surface area contributed by atoms with Crippen molar-refractivity contribution < 1.29 is 0 Å². The first-order chi connectivity index (χ1) is 9.24. The topological polar surface area (TPSA) is 6.48 Å². The van der Waals surface area contributed by atoms with Crippen LogP contribution in [0.15, 0.2) is 39.5 Å². The molecule has 20 heavy (non-hydrogen) atoms. The lowest BCUT2D eigenvalue weighted by Crippen LogP contribution is -2.46. The molecule has 1 aliphatic heterocycles. The van der Waals surface area contributed by atoms with Gasteiger partial charge in [-0.1, -0.05) is 15.9 Å². The van der Waals surface area contributed by atoms with Gasteiger partial charge in [-0.15, -0.1) is 12.4 Å². The summed E-state index contributed by atoms with van der Waals surface area (Å²) in [6.45, 7) is 6.58. The highest BCUT2D eigenvalue weighted by Gasteiger charge is 2.18. The highest BCUT2D eigenvalue weighted by molar-refractivity contribution is 9.10. The van der Waals surface area contributed by atoms with Crippen LogP contribution in [-0.4, -0.2) is 26.2 Å². The van der Waals surface area contributed by atoms with E-state index in [4.69, 9.17) is 0 Å². The van der Waals surface area contributed by atoms with E-state index in [2.05, 4.69) is 67.7 Å². The number of thiophene rings is 1. The summed E-state index contributed by atoms with van der Waals surface area (Å²) >= 11 is 5.30. The van der Waals surface area contributed by atoms with E-state index >= 15 is 0 Å². The summed E-state index contributed by atoms with van der Waals surface area (Å²) in [4.78, 5) is 4.96. The predicted octanol–water partition coefficient (Wildman–Crippen LogP) is 4.57. The summed E-state index contributed by atoms with van der Waals surface area (Å²) in [5.41, 5.74) is 4.09. The Kier molecular flexibility index (Phi) is 5.35. The maximum atomic E-state index is 3.53. The van der Waals surface area contributed by atoms with Gasteiger partial charge in [-0.05, 0) is 42.1 Å². The van der Waals surface area contributed by atoms with Gasteiger partial charge in [-0.3, -0.25) is 0 Å². The van der Waals surface area contributed by atoms with E-state index in [0.717, 1.165) is 30.7 Å². The van der Waals surface area contributed by atoms with Crippen LogP contribution in [0.4, 0.5) is 11.4 Å². The van der Waals surface area contributed by atoms with Crippen molar-refractivity contribution in [3.63, 3.8) is 0 Å². The summed E-state index contributed by atoms with van der Waals surface area (Å²) in [6.07, 6.45) is 0. The first-order valence-corrected chi connectivity index (χ1v) is 8.26. The smallest absolute Gasteiger partial charge is 0.0476 e. The van der Waals surface area contributed by atoms with Crippen molar-refractivity contribution in [3.8, 4) is 0 Å². The van der Waals surface area contributed by atoms with Gasteiger partial charge in [0, 0.05) is 47.4 Å². The van der Waals surface area contributed by atoms with E-state index in [0.29, 0.717) is 0 Å². The maximum Gasteiger partial charge on any atom is 0.0476 e. The molecule has 108 valence electrons. The van der Waals surface area contributed by atoms with Crippen molar-refractivity contribution in [2.75, 3.05) is 36.0 Å². The zero-order chi connectivity index (χ0) is 13.2. The first-order valence-electron chi connectivity index (χ1n) is 6.52. The molecule has 0 unspecified atom stereocenters. The molecule has 0 N–H and O–H groups in total. The molecule has 3 rings (SSSR count). The van der Waals surface area contributed by atoms with Crippen molar-refractivity contribution >= 4 is 51.0 Å². The summed E-state index contributed by atoms with van der Waals surface area (Å²) in [7, 11) is 0. The van der Waals surface area contributed by atoms with Gasteiger partial charge in [0.2, 0.25) is 0 Å². The Labute approximate surface area is 138 Å². The summed E-state index contributed by atoms with van der Waals surface area (Å²) < 4.78 is 1.16. The van der Waals surface area contributed by atoms with E-state index in [9.17, 15) is 0 Å². The molecule has 0 amide bonds. The highest BCUT2D eigenvalue weighted by Crippen LogP contribution is 2.26. The second-order valence-corrected chi connectivity index (χ2v) is 6.58. The van der Waals surface area contributed by atoms with Crippen molar-refractivity contribution in [2.45, 2.75) is 6.92 Å². The molecular formula is C15H18BrClN2S. The van der Waals surface area contributed by atoms with Crippen molar-refractivity contribution in [1.29, 1.82) is 0 Å². The molecule has 2 heterocycles. The van der Waals surface area contributed by atoms with Crippen LogP contribution >= 0.6 is 39.7 Å². The first kappa shape index (κ1) is 15.7. The Morgan fingerprint density at radius 1 is 1.05 bits per heavy atom. The van der Waals surface area contributed by atoms with Crippen LogP contribution < -0.4 is 9.80 Å². The number of piperazine rings is 1. The van der Waals surface area contributed by atoms with Gasteiger partial charge in [0.25, 0.3) is 0 Å². The quantitative estimate of drug-likeness (QED) is 0.761. The average Bonchev–Trinajstić information content (AvgIpc) is 2.93. The van der Waals surface area contributed by atoms with Gasteiger partial charge in [-0.2, -0.15) is 11.3 Å². The molecule has 1 aromatic heterocycles. The molecule has 1 saturated heterocycles. The number of benzene rings is 1. The second-order valence-electron chi connectivity index (χ2n) is 4.89. The van der Waals surface area contributed by atoms with Crippen molar-refractivity contribution in [3.05, 3.63) is 45.1 Å². The fourth-order valence-electron chi connectivity index (χ4n) is 2.62. The second kappa shape index (κ2) is 6.83. The predicted molar refractivity (Wildman–Crippen MR) is 94.9 cm³/mol. The van der Waals surface area contributed by atoms with Gasteiger partial charge in [-0.25, -0.2) is 0 Å². The molecule has 1 aromatic carbocycles. The van der Waals surface area contributed by atoms with Gasteiger partial charge < -0.3 is 9.80 Å². The van der Waals surface area contributed by atoms with E-state index in [1.807, 2.05) is 0 Å². The van der Waals surface area contributed by atoms with E-state index in [1.165, 1.54) is 16.9 Å². The standard InChI is InChI=1S/C15H17BrN2S.ClH/c1-12-10-13(16)2-3-15(12)18-7-5-17(6-8-18)14-4-9-19-11-14;/h2-4,9-11H,5-8H2,1H3;1H. The van der Waals surface area contributed by atoms with Gasteiger partial charge >= 0.3 is 0 Å². The van der Waals surface area contributed by atoms with Crippen LogP contribution in [-0.2, 0) is 0 Å². The number of aryl methyl sites for hydroxylation is 1. The Balaban J connectivity index is 0.00000147. The molecule has 0 aliphatic carbocycles. The lowest BCUT2D eigenvalue weighted by atomic mass is 10.1. The maximum absolute atomic E-state index is 3.53. The van der Waals surface area contributed by atoms with E-state index in [-0.39, 0.29) is 12.4 Å². The minimum absolute atomic E-state index is 0. The summed E-state index contributed by atoms with van der Waals surface area (Å²) in [5.74, 6) is 0. The normalized spacial score (nSPS) is 15.1. The molecule has 5 heteroatoms. The zero-order valence-corrected chi connectivity index (χ0v) is 14.6. The number of hydrogen-bond donors (Lipinski definition) is 0. The van der Waals surface area contributed by atoms with Crippen LogP contribution in [0.5, 0.6) is 0 Å². The van der Waals surface area contributed by atoms with Crippen LogP contribution in [0.2, 0.25) is 0 Å². The lowest BCUT2D eigenvalue weighted by molar-refractivity contribution is 0.653. The highest BCUT2D eigenvalue weighted by atomic mass is 79.9. The number of rotatable bonds is 2. The molecule has 2 aromatic rings. The van der Waals surface area contributed by atoms with E-state index in [1.54, 1.807) is 11.3 Å². The largest absolute Gasteiger partial charge is 0.368 e. The molecule has 0 radical (unpaired) electrons. The molecule has 2 nitrogen and oxygen atoms in total. The summed E-state index contributed by atoms with van der Waals surface area (Å²) in [6, 6.07) is 8.76. The Bertz CT molecular complexity index is 551. The molecule has 0 spiro atoms. The fourth-order valence-corrected chi connectivity index (χ4v) is 3.76. The molecule has 0 saturated carbocycles. The number of hydrogen-bond acceptors (Lipinski definition) is 3. The fraction of sp³-hybridized carbons (Fsp3) is 0.333. The minimum atomic E-state index is 0. The van der Waals surface area contributed by atoms with Gasteiger partial charge in [0.05, 0.1) is 0 Å². The van der Waals surface area contributed by atoms with Gasteiger partial charge in [0.15, 0.2) is 0 Å². The molecule has 0 bridgehead atoms. The minimum Gasteiger partial charge on any atom is -0.368 e. The molecular weight excluding hydrogens is 356 g/mol.